The van der Waals surface area contributed by atoms with Crippen LogP contribution in [0.2, 0.25) is 0 Å². The van der Waals surface area contributed by atoms with Crippen LogP contribution in [0, 0.1) is 6.92 Å². The molecule has 0 amide bonds. The fraction of sp³-hybridized carbons (Fsp3) is 0.0833. The molecule has 0 spiro atoms. The molecule has 1 aromatic carbocycles. The second-order valence-corrected chi connectivity index (χ2v) is 3.68. The van der Waals surface area contributed by atoms with Crippen molar-refractivity contribution < 1.29 is 15.0 Å². The summed E-state index contributed by atoms with van der Waals surface area (Å²) in [7, 11) is 0. The lowest BCUT2D eigenvalue weighted by atomic mass is 10.1. The van der Waals surface area contributed by atoms with Crippen molar-refractivity contribution in [3.63, 3.8) is 0 Å². The van der Waals surface area contributed by atoms with Gasteiger partial charge in [0.1, 0.15) is 11.3 Å². The van der Waals surface area contributed by atoms with Crippen LogP contribution >= 0.6 is 0 Å². The van der Waals surface area contributed by atoms with Gasteiger partial charge in [-0.25, -0.2) is 4.79 Å². The zero-order chi connectivity index (χ0) is 12.4. The van der Waals surface area contributed by atoms with E-state index in [4.69, 9.17) is 5.11 Å². The van der Waals surface area contributed by atoms with Crippen molar-refractivity contribution in [2.45, 2.75) is 6.92 Å². The van der Waals surface area contributed by atoms with Gasteiger partial charge < -0.3 is 20.5 Å². The van der Waals surface area contributed by atoms with Crippen LogP contribution < -0.4 is 5.32 Å². The molecule has 1 heterocycles. The minimum atomic E-state index is -1.16. The first kappa shape index (κ1) is 11.1. The summed E-state index contributed by atoms with van der Waals surface area (Å²) >= 11 is 0. The van der Waals surface area contributed by atoms with Gasteiger partial charge in [-0.15, -0.1) is 0 Å². The van der Waals surface area contributed by atoms with Crippen LogP contribution in [0.4, 0.5) is 11.4 Å². The summed E-state index contributed by atoms with van der Waals surface area (Å²) in [5.41, 5.74) is 2.31. The molecule has 0 unspecified atom stereocenters. The molecular formula is C12H12N2O3. The Hall–Kier alpha value is -2.43. The molecule has 0 aliphatic carbocycles. The van der Waals surface area contributed by atoms with Crippen molar-refractivity contribution in [2.75, 3.05) is 5.32 Å². The van der Waals surface area contributed by atoms with Crippen LogP contribution in [-0.4, -0.2) is 21.2 Å². The van der Waals surface area contributed by atoms with E-state index in [1.165, 1.54) is 12.1 Å². The highest BCUT2D eigenvalue weighted by molar-refractivity contribution is 5.92. The standard InChI is InChI=1S/C12H12N2O3/c1-7-10(4-5-13-7)14-8-2-3-11(15)9(6-8)12(16)17/h2-6,13-15H,1H3,(H,16,17). The molecule has 4 N–H and O–H groups in total. The van der Waals surface area contributed by atoms with Gasteiger partial charge in [0.05, 0.1) is 5.69 Å². The number of carbonyl (C=O) groups is 1. The summed E-state index contributed by atoms with van der Waals surface area (Å²) in [4.78, 5) is 13.9. The number of aromatic nitrogens is 1. The summed E-state index contributed by atoms with van der Waals surface area (Å²) < 4.78 is 0. The molecule has 5 nitrogen and oxygen atoms in total. The third kappa shape index (κ3) is 2.23. The quantitative estimate of drug-likeness (QED) is 0.612. The molecule has 88 valence electrons. The summed E-state index contributed by atoms with van der Waals surface area (Å²) in [5.74, 6) is -1.40. The first-order valence-electron chi connectivity index (χ1n) is 5.05. The van der Waals surface area contributed by atoms with Crippen LogP contribution in [-0.2, 0) is 0 Å². The second-order valence-electron chi connectivity index (χ2n) is 3.68. The molecule has 17 heavy (non-hydrogen) atoms. The number of aromatic hydroxyl groups is 1. The molecule has 0 aliphatic heterocycles. The number of carboxylic acids is 1. The Labute approximate surface area is 97.7 Å². The van der Waals surface area contributed by atoms with Gasteiger partial charge in [0.25, 0.3) is 0 Å². The normalized spacial score (nSPS) is 10.2. The summed E-state index contributed by atoms with van der Waals surface area (Å²) in [6.45, 7) is 1.90. The summed E-state index contributed by atoms with van der Waals surface area (Å²) in [6, 6.07) is 6.22. The zero-order valence-corrected chi connectivity index (χ0v) is 9.19. The number of H-pyrrole nitrogens is 1. The first-order valence-corrected chi connectivity index (χ1v) is 5.05. The molecule has 5 heteroatoms. The molecule has 0 atom stereocenters. The minimum Gasteiger partial charge on any atom is -0.507 e. The second kappa shape index (κ2) is 4.21. The lowest BCUT2D eigenvalue weighted by Gasteiger charge is -2.07. The average Bonchev–Trinajstić information content (AvgIpc) is 2.67. The smallest absolute Gasteiger partial charge is 0.339 e. The zero-order valence-electron chi connectivity index (χ0n) is 9.19. The van der Waals surface area contributed by atoms with Gasteiger partial charge in [0.2, 0.25) is 0 Å². The number of aromatic amines is 1. The lowest BCUT2D eigenvalue weighted by Crippen LogP contribution is -1.99. The van der Waals surface area contributed by atoms with E-state index < -0.39 is 5.97 Å². The maximum absolute atomic E-state index is 10.8. The van der Waals surface area contributed by atoms with Crippen LogP contribution in [0.15, 0.2) is 30.5 Å². The summed E-state index contributed by atoms with van der Waals surface area (Å²) in [5, 5.41) is 21.3. The van der Waals surface area contributed by atoms with Gasteiger partial charge in [-0.05, 0) is 31.2 Å². The number of nitrogens with one attached hydrogen (secondary N) is 2. The Morgan fingerprint density at radius 2 is 2.12 bits per heavy atom. The van der Waals surface area contributed by atoms with Gasteiger partial charge in [-0.3, -0.25) is 0 Å². The number of hydrogen-bond donors (Lipinski definition) is 4. The fourth-order valence-corrected chi connectivity index (χ4v) is 1.53. The Morgan fingerprint density at radius 1 is 1.35 bits per heavy atom. The first-order chi connectivity index (χ1) is 8.08. The number of aromatic carboxylic acids is 1. The van der Waals surface area contributed by atoms with Crippen LogP contribution in [0.5, 0.6) is 5.75 Å². The highest BCUT2D eigenvalue weighted by Crippen LogP contribution is 2.25. The van der Waals surface area contributed by atoms with Crippen LogP contribution in [0.25, 0.3) is 0 Å². The monoisotopic (exact) mass is 232 g/mol. The Morgan fingerprint density at radius 3 is 2.71 bits per heavy atom. The van der Waals surface area contributed by atoms with Crippen LogP contribution in [0.1, 0.15) is 16.1 Å². The number of phenols is 1. The molecule has 0 bridgehead atoms. The topological polar surface area (TPSA) is 85.4 Å². The number of benzene rings is 1. The highest BCUT2D eigenvalue weighted by atomic mass is 16.4. The van der Waals surface area contributed by atoms with Gasteiger partial charge in [-0.1, -0.05) is 0 Å². The largest absolute Gasteiger partial charge is 0.507 e. The van der Waals surface area contributed by atoms with Gasteiger partial charge in [-0.2, -0.15) is 0 Å². The van der Waals surface area contributed by atoms with Crippen molar-refractivity contribution >= 4 is 17.3 Å². The van der Waals surface area contributed by atoms with E-state index in [0.717, 1.165) is 11.4 Å². The molecule has 0 aliphatic rings. The molecule has 0 saturated carbocycles. The molecule has 1 aromatic heterocycles. The number of hydrogen-bond acceptors (Lipinski definition) is 3. The molecule has 2 rings (SSSR count). The predicted octanol–water partition coefficient (Wildman–Crippen LogP) is 2.47. The number of aryl methyl sites for hydroxylation is 1. The molecule has 0 radical (unpaired) electrons. The van der Waals surface area contributed by atoms with Crippen molar-refractivity contribution in [3.05, 3.63) is 41.7 Å². The van der Waals surface area contributed by atoms with E-state index in [0.29, 0.717) is 5.69 Å². The van der Waals surface area contributed by atoms with E-state index in [1.54, 1.807) is 12.3 Å². The maximum atomic E-state index is 10.8. The molecular weight excluding hydrogens is 220 g/mol. The van der Waals surface area contributed by atoms with Gasteiger partial charge >= 0.3 is 5.97 Å². The fourth-order valence-electron chi connectivity index (χ4n) is 1.53. The lowest BCUT2D eigenvalue weighted by molar-refractivity contribution is 0.0694. The molecule has 0 saturated heterocycles. The van der Waals surface area contributed by atoms with E-state index in [9.17, 15) is 9.90 Å². The van der Waals surface area contributed by atoms with Crippen molar-refractivity contribution in [2.24, 2.45) is 0 Å². The Kier molecular flexibility index (Phi) is 2.74. The SMILES string of the molecule is Cc1[nH]ccc1Nc1ccc(O)c(C(=O)O)c1. The van der Waals surface area contributed by atoms with Crippen molar-refractivity contribution in [3.8, 4) is 5.75 Å². The third-order valence-electron chi connectivity index (χ3n) is 2.46. The Bertz CT molecular complexity index is 561. The van der Waals surface area contributed by atoms with E-state index in [2.05, 4.69) is 10.3 Å². The van der Waals surface area contributed by atoms with E-state index >= 15 is 0 Å². The molecule has 0 fully saturated rings. The average molecular weight is 232 g/mol. The Balaban J connectivity index is 2.32. The molecule has 2 aromatic rings. The van der Waals surface area contributed by atoms with Crippen LogP contribution in [0.3, 0.4) is 0 Å². The van der Waals surface area contributed by atoms with Crippen molar-refractivity contribution in [1.82, 2.24) is 4.98 Å². The number of anilines is 2. The van der Waals surface area contributed by atoms with E-state index in [1.807, 2.05) is 13.0 Å². The third-order valence-corrected chi connectivity index (χ3v) is 2.46. The summed E-state index contributed by atoms with van der Waals surface area (Å²) in [6.07, 6.45) is 1.79. The minimum absolute atomic E-state index is 0.122. The van der Waals surface area contributed by atoms with Gasteiger partial charge in [0.15, 0.2) is 0 Å². The van der Waals surface area contributed by atoms with E-state index in [-0.39, 0.29) is 11.3 Å². The highest BCUT2D eigenvalue weighted by Gasteiger charge is 2.10. The van der Waals surface area contributed by atoms with Gasteiger partial charge in [0, 0.05) is 17.6 Å². The predicted molar refractivity (Wildman–Crippen MR) is 63.9 cm³/mol. The maximum Gasteiger partial charge on any atom is 0.339 e. The number of carboxylic acid groups (broad SMARTS) is 1. The van der Waals surface area contributed by atoms with Crippen molar-refractivity contribution in [1.29, 1.82) is 0 Å². The number of rotatable bonds is 3.